The van der Waals surface area contributed by atoms with E-state index in [1.54, 1.807) is 24.3 Å². The predicted octanol–water partition coefficient (Wildman–Crippen LogP) is 2.94. The molecule has 2 aromatic rings. The van der Waals surface area contributed by atoms with Gasteiger partial charge >= 0.3 is 6.18 Å². The molecular formula is C13H9F3O3S. The zero-order valence-electron chi connectivity index (χ0n) is 10.0. The number of sulfone groups is 1. The molecule has 0 aromatic heterocycles. The maximum absolute atomic E-state index is 12.9. The summed E-state index contributed by atoms with van der Waals surface area (Å²) in [6.45, 7) is -0.906. The van der Waals surface area contributed by atoms with Crippen LogP contribution in [0.3, 0.4) is 0 Å². The lowest BCUT2D eigenvalue weighted by atomic mass is 10.1. The summed E-state index contributed by atoms with van der Waals surface area (Å²) in [4.78, 5) is -0.371. The van der Waals surface area contributed by atoms with E-state index < -0.39 is 27.9 Å². The third-order valence-corrected chi connectivity index (χ3v) is 5.40. The summed E-state index contributed by atoms with van der Waals surface area (Å²) in [5.74, 6) is -0.0239. The van der Waals surface area contributed by atoms with Crippen LogP contribution in [0.25, 0.3) is 10.8 Å². The average Bonchev–Trinajstić information content (AvgIpc) is 2.36. The normalized spacial score (nSPS) is 21.2. The first-order chi connectivity index (χ1) is 9.32. The molecule has 0 saturated heterocycles. The van der Waals surface area contributed by atoms with Crippen LogP contribution in [-0.2, 0) is 9.84 Å². The lowest BCUT2D eigenvalue weighted by Crippen LogP contribution is -2.44. The molecule has 0 spiro atoms. The minimum atomic E-state index is -4.85. The Kier molecular flexibility index (Phi) is 2.72. The van der Waals surface area contributed by atoms with Gasteiger partial charge in [0.2, 0.25) is 0 Å². The molecule has 0 amide bonds. The summed E-state index contributed by atoms with van der Waals surface area (Å²) in [5, 5.41) is -1.71. The van der Waals surface area contributed by atoms with E-state index in [9.17, 15) is 21.6 Å². The number of ether oxygens (including phenoxy) is 1. The average molecular weight is 302 g/mol. The minimum absolute atomic E-state index is 0.0239. The van der Waals surface area contributed by atoms with Crippen molar-refractivity contribution in [2.24, 2.45) is 0 Å². The van der Waals surface area contributed by atoms with Crippen LogP contribution in [0.15, 0.2) is 41.3 Å². The fourth-order valence-corrected chi connectivity index (χ4v) is 4.08. The maximum Gasteiger partial charge on any atom is 0.409 e. The van der Waals surface area contributed by atoms with Gasteiger partial charge < -0.3 is 4.74 Å². The topological polar surface area (TPSA) is 43.4 Å². The monoisotopic (exact) mass is 302 g/mol. The molecule has 1 aliphatic heterocycles. The standard InChI is InChI=1S/C13H9F3O3S/c14-13(15,16)11-7-19-10-6-5-8-3-1-2-4-9(8)12(10)20(11,17)18/h1-6,11H,7H2. The van der Waals surface area contributed by atoms with Gasteiger partial charge in [-0.25, -0.2) is 8.42 Å². The number of alkyl halides is 3. The Labute approximate surface area is 112 Å². The fourth-order valence-electron chi connectivity index (χ4n) is 2.30. The van der Waals surface area contributed by atoms with Gasteiger partial charge in [0.1, 0.15) is 17.3 Å². The van der Waals surface area contributed by atoms with Crippen LogP contribution in [-0.4, -0.2) is 26.5 Å². The summed E-state index contributed by atoms with van der Waals surface area (Å²) in [6, 6.07) is 9.40. The molecule has 106 valence electrons. The Bertz CT molecular complexity index is 781. The summed E-state index contributed by atoms with van der Waals surface area (Å²) in [5.41, 5.74) is 0. The summed E-state index contributed by atoms with van der Waals surface area (Å²) < 4.78 is 68.2. The molecule has 2 aromatic carbocycles. The van der Waals surface area contributed by atoms with E-state index in [0.717, 1.165) is 0 Å². The highest BCUT2D eigenvalue weighted by Gasteiger charge is 2.53. The molecule has 3 rings (SSSR count). The van der Waals surface area contributed by atoms with Gasteiger partial charge in [-0.1, -0.05) is 30.3 Å². The van der Waals surface area contributed by atoms with Gasteiger partial charge in [0.15, 0.2) is 15.1 Å². The molecule has 1 atom stereocenters. The van der Waals surface area contributed by atoms with Crippen molar-refractivity contribution in [2.45, 2.75) is 16.3 Å². The number of halogens is 3. The van der Waals surface area contributed by atoms with Crippen molar-refractivity contribution >= 4 is 20.6 Å². The van der Waals surface area contributed by atoms with Gasteiger partial charge in [0.25, 0.3) is 0 Å². The van der Waals surface area contributed by atoms with Crippen LogP contribution >= 0.6 is 0 Å². The van der Waals surface area contributed by atoms with Crippen LogP contribution < -0.4 is 4.74 Å². The second-order valence-electron chi connectivity index (χ2n) is 4.50. The van der Waals surface area contributed by atoms with Crippen LogP contribution in [0.2, 0.25) is 0 Å². The van der Waals surface area contributed by atoms with E-state index in [1.807, 2.05) is 0 Å². The summed E-state index contributed by atoms with van der Waals surface area (Å²) in [7, 11) is -4.52. The zero-order chi connectivity index (χ0) is 14.5. The Morgan fingerprint density at radius 3 is 2.50 bits per heavy atom. The van der Waals surface area contributed by atoms with Crippen LogP contribution in [0.5, 0.6) is 5.75 Å². The van der Waals surface area contributed by atoms with Crippen molar-refractivity contribution in [3.05, 3.63) is 36.4 Å². The molecule has 1 aliphatic rings. The molecule has 1 heterocycles. The van der Waals surface area contributed by atoms with Gasteiger partial charge in [0, 0.05) is 5.39 Å². The third-order valence-electron chi connectivity index (χ3n) is 3.26. The predicted molar refractivity (Wildman–Crippen MR) is 66.5 cm³/mol. The van der Waals surface area contributed by atoms with E-state index in [1.165, 1.54) is 12.1 Å². The van der Waals surface area contributed by atoms with Crippen molar-refractivity contribution in [3.63, 3.8) is 0 Å². The molecule has 0 aliphatic carbocycles. The van der Waals surface area contributed by atoms with Crippen LogP contribution in [0.1, 0.15) is 0 Å². The maximum atomic E-state index is 12.9. The molecule has 0 saturated carbocycles. The molecule has 1 unspecified atom stereocenters. The first kappa shape index (κ1) is 13.2. The second-order valence-corrected chi connectivity index (χ2v) is 6.57. The zero-order valence-corrected chi connectivity index (χ0v) is 10.8. The Balaban J connectivity index is 2.34. The Hall–Kier alpha value is -1.76. The van der Waals surface area contributed by atoms with Gasteiger partial charge in [-0.15, -0.1) is 0 Å². The number of benzene rings is 2. The SMILES string of the molecule is O=S1(=O)c2c(ccc3ccccc23)OCC1C(F)(F)F. The van der Waals surface area contributed by atoms with Gasteiger partial charge in [-0.2, -0.15) is 13.2 Å². The molecule has 3 nitrogen and oxygen atoms in total. The summed E-state index contributed by atoms with van der Waals surface area (Å²) >= 11 is 0. The smallest absolute Gasteiger partial charge is 0.409 e. The number of hydrogen-bond donors (Lipinski definition) is 0. The van der Waals surface area contributed by atoms with Crippen molar-refractivity contribution in [1.29, 1.82) is 0 Å². The van der Waals surface area contributed by atoms with Crippen LogP contribution in [0.4, 0.5) is 13.2 Å². The summed E-state index contributed by atoms with van der Waals surface area (Å²) in [6.07, 6.45) is -4.85. The first-order valence-electron chi connectivity index (χ1n) is 5.77. The second kappa shape index (κ2) is 4.12. The van der Waals surface area contributed by atoms with Gasteiger partial charge in [0.05, 0.1) is 0 Å². The van der Waals surface area contributed by atoms with E-state index >= 15 is 0 Å². The fraction of sp³-hybridized carbons (Fsp3) is 0.231. The molecule has 0 radical (unpaired) electrons. The van der Waals surface area contributed by atoms with Crippen molar-refractivity contribution in [3.8, 4) is 5.75 Å². The number of rotatable bonds is 0. The van der Waals surface area contributed by atoms with E-state index in [0.29, 0.717) is 5.39 Å². The molecule has 7 heteroatoms. The Morgan fingerprint density at radius 1 is 1.10 bits per heavy atom. The third kappa shape index (κ3) is 1.84. The minimum Gasteiger partial charge on any atom is -0.490 e. The number of hydrogen-bond acceptors (Lipinski definition) is 3. The highest BCUT2D eigenvalue weighted by Crippen LogP contribution is 2.42. The highest BCUT2D eigenvalue weighted by atomic mass is 32.2. The van der Waals surface area contributed by atoms with E-state index in [-0.39, 0.29) is 16.0 Å². The van der Waals surface area contributed by atoms with E-state index in [4.69, 9.17) is 4.74 Å². The molecule has 0 bridgehead atoms. The Morgan fingerprint density at radius 2 is 1.80 bits per heavy atom. The quantitative estimate of drug-likeness (QED) is 0.751. The molecule has 20 heavy (non-hydrogen) atoms. The number of fused-ring (bicyclic) bond motifs is 3. The van der Waals surface area contributed by atoms with Crippen molar-refractivity contribution in [1.82, 2.24) is 0 Å². The van der Waals surface area contributed by atoms with Crippen molar-refractivity contribution < 1.29 is 26.3 Å². The van der Waals surface area contributed by atoms with Gasteiger partial charge in [-0.05, 0) is 11.5 Å². The van der Waals surface area contributed by atoms with E-state index in [2.05, 4.69) is 0 Å². The molecule has 0 fully saturated rings. The van der Waals surface area contributed by atoms with Crippen LogP contribution in [0, 0.1) is 0 Å². The first-order valence-corrected chi connectivity index (χ1v) is 7.31. The lowest BCUT2D eigenvalue weighted by molar-refractivity contribution is -0.136. The lowest BCUT2D eigenvalue weighted by Gasteiger charge is -2.27. The largest absolute Gasteiger partial charge is 0.490 e. The molecule has 0 N–H and O–H groups in total. The van der Waals surface area contributed by atoms with Gasteiger partial charge in [-0.3, -0.25) is 0 Å². The highest BCUT2D eigenvalue weighted by molar-refractivity contribution is 7.92. The molecular weight excluding hydrogens is 293 g/mol. The van der Waals surface area contributed by atoms with Crippen molar-refractivity contribution in [2.75, 3.05) is 6.61 Å².